The number of guanidine groups is 1. The lowest BCUT2D eigenvalue weighted by atomic mass is 10.0. The van der Waals surface area contributed by atoms with Crippen LogP contribution in [0.4, 0.5) is 19.1 Å². The predicted octanol–water partition coefficient (Wildman–Crippen LogP) is 2.81. The Kier molecular flexibility index (Phi) is 10.9. The molecule has 3 N–H and O–H groups in total. The zero-order valence-electron chi connectivity index (χ0n) is 17.1. The molecule has 1 saturated heterocycles. The number of rotatable bonds is 7. The Balaban J connectivity index is 0.00000420. The van der Waals surface area contributed by atoms with Crippen LogP contribution in [0.15, 0.2) is 17.3 Å². The fourth-order valence-electron chi connectivity index (χ4n) is 3.12. The summed E-state index contributed by atoms with van der Waals surface area (Å²) in [5.74, 6) is 1.32. The number of anilines is 1. The summed E-state index contributed by atoms with van der Waals surface area (Å²) in [5, 5.41) is 9.36. The molecule has 0 aliphatic carbocycles. The van der Waals surface area contributed by atoms with Crippen LogP contribution in [0.25, 0.3) is 0 Å². The first-order chi connectivity index (χ1) is 13.3. The van der Waals surface area contributed by atoms with Gasteiger partial charge in [0.15, 0.2) is 5.96 Å². The van der Waals surface area contributed by atoms with Gasteiger partial charge in [0.2, 0.25) is 5.95 Å². The Hall–Kier alpha value is -1.37. The monoisotopic (exact) mass is 529 g/mol. The first-order valence-corrected chi connectivity index (χ1v) is 9.61. The number of nitrogens with one attached hydrogen (secondary N) is 3. The van der Waals surface area contributed by atoms with Gasteiger partial charge in [-0.1, -0.05) is 13.8 Å². The van der Waals surface area contributed by atoms with Crippen molar-refractivity contribution in [1.82, 2.24) is 25.5 Å². The largest absolute Gasteiger partial charge is 0.433 e. The summed E-state index contributed by atoms with van der Waals surface area (Å²) in [6.45, 7) is 8.58. The molecule has 11 heteroatoms. The second-order valence-corrected chi connectivity index (χ2v) is 7.30. The van der Waals surface area contributed by atoms with Crippen LogP contribution in [-0.2, 0) is 6.18 Å². The molecule has 0 atom stereocenters. The minimum Gasteiger partial charge on any atom is -0.355 e. The lowest BCUT2D eigenvalue weighted by molar-refractivity contribution is -0.141. The van der Waals surface area contributed by atoms with Crippen LogP contribution < -0.4 is 16.0 Å². The van der Waals surface area contributed by atoms with E-state index in [-0.39, 0.29) is 29.9 Å². The van der Waals surface area contributed by atoms with Crippen molar-refractivity contribution in [3.63, 3.8) is 0 Å². The Morgan fingerprint density at radius 2 is 1.97 bits per heavy atom. The van der Waals surface area contributed by atoms with Gasteiger partial charge in [-0.05, 0) is 24.8 Å². The van der Waals surface area contributed by atoms with Crippen molar-refractivity contribution in [2.24, 2.45) is 10.9 Å². The average Bonchev–Trinajstić information content (AvgIpc) is 2.65. The summed E-state index contributed by atoms with van der Waals surface area (Å²) in [6, 6.07) is 1.22. The van der Waals surface area contributed by atoms with Crippen molar-refractivity contribution in [2.45, 2.75) is 38.9 Å². The second-order valence-electron chi connectivity index (χ2n) is 7.30. The zero-order chi connectivity index (χ0) is 20.6. The van der Waals surface area contributed by atoms with E-state index < -0.39 is 11.9 Å². The molecule has 2 heterocycles. The van der Waals surface area contributed by atoms with E-state index in [1.165, 1.54) is 0 Å². The van der Waals surface area contributed by atoms with Gasteiger partial charge >= 0.3 is 6.18 Å². The molecule has 0 saturated carbocycles. The maximum Gasteiger partial charge on any atom is 0.433 e. The Morgan fingerprint density at radius 1 is 1.28 bits per heavy atom. The number of hydrogen-bond acceptors (Lipinski definition) is 5. The number of halogens is 4. The maximum absolute atomic E-state index is 12.7. The van der Waals surface area contributed by atoms with Gasteiger partial charge in [0, 0.05) is 52.0 Å². The van der Waals surface area contributed by atoms with Gasteiger partial charge in [0.1, 0.15) is 5.69 Å². The van der Waals surface area contributed by atoms with Crippen molar-refractivity contribution >= 4 is 35.9 Å². The number of alkyl halides is 3. The van der Waals surface area contributed by atoms with E-state index >= 15 is 0 Å². The Bertz CT molecular complexity index is 632. The first kappa shape index (κ1) is 25.7. The van der Waals surface area contributed by atoms with Crippen molar-refractivity contribution in [3.8, 4) is 0 Å². The quantitative estimate of drug-likeness (QED) is 0.218. The molecule has 1 fully saturated rings. The molecular formula is C18H31F3IN7. The van der Waals surface area contributed by atoms with Crippen LogP contribution in [0.3, 0.4) is 0 Å². The molecular weight excluding hydrogens is 498 g/mol. The van der Waals surface area contributed by atoms with E-state index in [9.17, 15) is 13.2 Å². The molecule has 7 nitrogen and oxygen atoms in total. The highest BCUT2D eigenvalue weighted by Gasteiger charge is 2.32. The second kappa shape index (κ2) is 12.4. The Morgan fingerprint density at radius 3 is 2.55 bits per heavy atom. The van der Waals surface area contributed by atoms with Crippen LogP contribution in [0.1, 0.15) is 32.4 Å². The number of aliphatic imine (C=N–C) groups is 1. The molecule has 0 aromatic carbocycles. The molecule has 1 aromatic rings. The molecule has 0 amide bonds. The molecule has 1 aliphatic rings. The molecule has 0 bridgehead atoms. The van der Waals surface area contributed by atoms with E-state index in [0.29, 0.717) is 31.0 Å². The Labute approximate surface area is 187 Å². The third-order valence-electron chi connectivity index (χ3n) is 4.42. The molecule has 0 unspecified atom stereocenters. The number of piperidine rings is 1. The third kappa shape index (κ3) is 9.32. The summed E-state index contributed by atoms with van der Waals surface area (Å²) in [4.78, 5) is 14.0. The van der Waals surface area contributed by atoms with E-state index in [2.05, 4.69) is 49.7 Å². The molecule has 2 rings (SSSR count). The molecule has 29 heavy (non-hydrogen) atoms. The lowest BCUT2D eigenvalue weighted by Crippen LogP contribution is -2.49. The van der Waals surface area contributed by atoms with Gasteiger partial charge < -0.3 is 20.9 Å². The first-order valence-electron chi connectivity index (χ1n) is 9.61. The highest BCUT2D eigenvalue weighted by atomic mass is 127. The van der Waals surface area contributed by atoms with Gasteiger partial charge in [-0.15, -0.1) is 24.0 Å². The van der Waals surface area contributed by atoms with Crippen LogP contribution >= 0.6 is 24.0 Å². The van der Waals surface area contributed by atoms with Gasteiger partial charge in [0.25, 0.3) is 0 Å². The minimum atomic E-state index is -4.48. The number of likely N-dealkylation sites (tertiary alicyclic amines) is 1. The lowest BCUT2D eigenvalue weighted by Gasteiger charge is -2.34. The fraction of sp³-hybridized carbons (Fsp3) is 0.722. The minimum absolute atomic E-state index is 0. The van der Waals surface area contributed by atoms with Crippen molar-refractivity contribution in [3.05, 3.63) is 18.0 Å². The van der Waals surface area contributed by atoms with Crippen LogP contribution in [0, 0.1) is 5.92 Å². The van der Waals surface area contributed by atoms with Crippen molar-refractivity contribution in [1.29, 1.82) is 0 Å². The van der Waals surface area contributed by atoms with E-state index in [1.807, 2.05) is 0 Å². The van der Waals surface area contributed by atoms with Crippen LogP contribution in [-0.4, -0.2) is 66.6 Å². The summed E-state index contributed by atoms with van der Waals surface area (Å²) in [6.07, 6.45) is -1.26. The molecule has 1 aromatic heterocycles. The highest BCUT2D eigenvalue weighted by Crippen LogP contribution is 2.27. The maximum atomic E-state index is 12.7. The van der Waals surface area contributed by atoms with Crippen LogP contribution in [0.2, 0.25) is 0 Å². The SMILES string of the molecule is CN=C(NCCNc1nccc(C(F)(F)F)n1)NC1CCN(CC(C)C)CC1.I. The smallest absolute Gasteiger partial charge is 0.355 e. The summed E-state index contributed by atoms with van der Waals surface area (Å²) in [7, 11) is 1.70. The topological polar surface area (TPSA) is 77.5 Å². The number of nitrogens with zero attached hydrogens (tertiary/aromatic N) is 4. The summed E-state index contributed by atoms with van der Waals surface area (Å²) in [5.41, 5.74) is -0.959. The van der Waals surface area contributed by atoms with Gasteiger partial charge in [0.05, 0.1) is 0 Å². The standard InChI is InChI=1S/C18H30F3N7.HI/c1-13(2)12-28-10-5-14(6-11-28)26-16(22-3)24-8-9-25-17-23-7-4-15(27-17)18(19,20)21;/h4,7,13-14H,5-6,8-12H2,1-3H3,(H2,22,24,26)(H,23,25,27);1H. The van der Waals surface area contributed by atoms with Crippen molar-refractivity contribution in [2.75, 3.05) is 45.1 Å². The molecule has 0 spiro atoms. The predicted molar refractivity (Wildman–Crippen MR) is 120 cm³/mol. The highest BCUT2D eigenvalue weighted by molar-refractivity contribution is 14.0. The van der Waals surface area contributed by atoms with Gasteiger partial charge in [-0.25, -0.2) is 9.97 Å². The van der Waals surface area contributed by atoms with Crippen molar-refractivity contribution < 1.29 is 13.2 Å². The van der Waals surface area contributed by atoms with Crippen LogP contribution in [0.5, 0.6) is 0 Å². The van der Waals surface area contributed by atoms with Gasteiger partial charge in [-0.2, -0.15) is 13.2 Å². The normalized spacial score (nSPS) is 16.4. The van der Waals surface area contributed by atoms with E-state index in [4.69, 9.17) is 0 Å². The zero-order valence-corrected chi connectivity index (χ0v) is 19.4. The average molecular weight is 529 g/mol. The molecule has 0 radical (unpaired) electrons. The third-order valence-corrected chi connectivity index (χ3v) is 4.42. The molecule has 1 aliphatic heterocycles. The summed E-state index contributed by atoms with van der Waals surface area (Å²) >= 11 is 0. The fourth-order valence-corrected chi connectivity index (χ4v) is 3.12. The van der Waals surface area contributed by atoms with Gasteiger partial charge in [-0.3, -0.25) is 4.99 Å². The summed E-state index contributed by atoms with van der Waals surface area (Å²) < 4.78 is 38.0. The number of hydrogen-bond donors (Lipinski definition) is 3. The van der Waals surface area contributed by atoms with E-state index in [1.54, 1.807) is 7.05 Å². The number of aromatic nitrogens is 2. The van der Waals surface area contributed by atoms with E-state index in [0.717, 1.165) is 44.7 Å². The molecule has 166 valence electrons.